The number of nitrogens with zero attached hydrogens (tertiary/aromatic N) is 2. The van der Waals surface area contributed by atoms with E-state index in [0.717, 1.165) is 21.9 Å². The summed E-state index contributed by atoms with van der Waals surface area (Å²) in [6.45, 7) is 4.23. The quantitative estimate of drug-likeness (QED) is 0.675. The predicted molar refractivity (Wildman–Crippen MR) is 98.3 cm³/mol. The van der Waals surface area contributed by atoms with Gasteiger partial charge in [-0.05, 0) is 42.7 Å². The van der Waals surface area contributed by atoms with Gasteiger partial charge >= 0.3 is 0 Å². The number of imidazole rings is 1. The summed E-state index contributed by atoms with van der Waals surface area (Å²) in [4.78, 5) is 4.75. The molecule has 0 unspecified atom stereocenters. The van der Waals surface area contributed by atoms with Crippen molar-refractivity contribution >= 4 is 22.8 Å². The first-order chi connectivity index (χ1) is 11.6. The van der Waals surface area contributed by atoms with Crippen LogP contribution in [0.4, 0.5) is 0 Å². The number of fused-ring (bicyclic) bond motifs is 1. The minimum atomic E-state index is -0.792. The molecule has 126 valence electrons. The van der Waals surface area contributed by atoms with Gasteiger partial charge in [0.2, 0.25) is 0 Å². The zero-order valence-electron chi connectivity index (χ0n) is 13.9. The van der Waals surface area contributed by atoms with Gasteiger partial charge in [-0.3, -0.25) is 0 Å². The number of benzene rings is 2. The Hall–Kier alpha value is -1.82. The van der Waals surface area contributed by atoms with E-state index in [1.54, 1.807) is 11.8 Å². The van der Waals surface area contributed by atoms with E-state index in [1.807, 2.05) is 22.8 Å². The Bertz CT molecular complexity index is 830. The second kappa shape index (κ2) is 7.38. The second-order valence-corrected chi connectivity index (χ2v) is 6.98. The first kappa shape index (κ1) is 17.0. The number of hydrogen-bond donors (Lipinski definition) is 2. The Kier molecular flexibility index (Phi) is 5.23. The first-order valence-corrected chi connectivity index (χ1v) is 9.00. The molecule has 1 aromatic heterocycles. The maximum atomic E-state index is 9.91. The zero-order valence-corrected chi connectivity index (χ0v) is 14.8. The van der Waals surface area contributed by atoms with E-state index >= 15 is 0 Å². The molecule has 3 rings (SSSR count). The monoisotopic (exact) mass is 342 g/mol. The predicted octanol–water partition coefficient (Wildman–Crippen LogP) is 3.30. The van der Waals surface area contributed by atoms with Crippen LogP contribution >= 0.6 is 11.8 Å². The molecule has 1 heterocycles. The third-order valence-corrected chi connectivity index (χ3v) is 5.19. The number of aliphatic hydroxyl groups is 2. The average molecular weight is 342 g/mol. The Labute approximate surface area is 146 Å². The third kappa shape index (κ3) is 3.64. The van der Waals surface area contributed by atoms with Crippen LogP contribution in [0.25, 0.3) is 11.0 Å². The number of hydrogen-bond acceptors (Lipinski definition) is 4. The molecule has 0 aliphatic carbocycles. The lowest BCUT2D eigenvalue weighted by Crippen LogP contribution is -2.20. The summed E-state index contributed by atoms with van der Waals surface area (Å²) in [6.07, 6.45) is -0.792. The van der Waals surface area contributed by atoms with Crippen molar-refractivity contribution in [3.63, 3.8) is 0 Å². The van der Waals surface area contributed by atoms with E-state index in [9.17, 15) is 10.2 Å². The molecule has 0 radical (unpaired) electrons. The highest BCUT2D eigenvalue weighted by Gasteiger charge is 2.15. The summed E-state index contributed by atoms with van der Waals surface area (Å²) in [7, 11) is 0. The van der Waals surface area contributed by atoms with Gasteiger partial charge in [0.05, 0.1) is 30.3 Å². The summed E-state index contributed by atoms with van der Waals surface area (Å²) in [5.41, 5.74) is 5.56. The van der Waals surface area contributed by atoms with Crippen LogP contribution in [-0.2, 0) is 12.3 Å². The molecule has 24 heavy (non-hydrogen) atoms. The molecule has 2 aromatic carbocycles. The van der Waals surface area contributed by atoms with Crippen LogP contribution in [0.5, 0.6) is 0 Å². The van der Waals surface area contributed by atoms with Crippen molar-refractivity contribution in [2.75, 3.05) is 6.61 Å². The number of rotatable bonds is 6. The highest BCUT2D eigenvalue weighted by molar-refractivity contribution is 7.98. The van der Waals surface area contributed by atoms with E-state index in [4.69, 9.17) is 4.98 Å². The molecular formula is C19H22N2O2S. The molecule has 2 N–H and O–H groups in total. The van der Waals surface area contributed by atoms with Crippen molar-refractivity contribution in [2.24, 2.45) is 0 Å². The Morgan fingerprint density at radius 3 is 2.54 bits per heavy atom. The third-order valence-electron chi connectivity index (χ3n) is 4.14. The Morgan fingerprint density at radius 1 is 1.12 bits per heavy atom. The minimum absolute atomic E-state index is 0.257. The van der Waals surface area contributed by atoms with Gasteiger partial charge in [0.15, 0.2) is 5.16 Å². The topological polar surface area (TPSA) is 58.3 Å². The molecule has 0 bridgehead atoms. The molecule has 0 spiro atoms. The average Bonchev–Trinajstić information content (AvgIpc) is 2.91. The standard InChI is InChI=1S/C19H22N2O2S/c1-13-8-17-18(9-14(13)2)21(10-16(23)11-22)19(20-17)24-12-15-6-4-3-5-7-15/h3-9,16,22-23H,10-12H2,1-2H3/t16-/m1/s1. The van der Waals surface area contributed by atoms with Crippen LogP contribution in [0.1, 0.15) is 16.7 Å². The molecule has 0 fully saturated rings. The van der Waals surface area contributed by atoms with Crippen molar-refractivity contribution in [3.8, 4) is 0 Å². The van der Waals surface area contributed by atoms with Gasteiger partial charge in [0, 0.05) is 5.75 Å². The number of thioether (sulfide) groups is 1. The molecule has 0 saturated heterocycles. The summed E-state index contributed by atoms with van der Waals surface area (Å²) in [5.74, 6) is 0.817. The van der Waals surface area contributed by atoms with Gasteiger partial charge in [0.25, 0.3) is 0 Å². The van der Waals surface area contributed by atoms with E-state index in [0.29, 0.717) is 6.54 Å². The van der Waals surface area contributed by atoms with Crippen LogP contribution in [0.2, 0.25) is 0 Å². The summed E-state index contributed by atoms with van der Waals surface area (Å²) in [6, 6.07) is 14.4. The first-order valence-electron chi connectivity index (χ1n) is 8.01. The molecule has 0 aliphatic heterocycles. The summed E-state index contributed by atoms with van der Waals surface area (Å²) < 4.78 is 2.01. The van der Waals surface area contributed by atoms with E-state index in [1.165, 1.54) is 16.7 Å². The van der Waals surface area contributed by atoms with Crippen LogP contribution in [0.3, 0.4) is 0 Å². The Morgan fingerprint density at radius 2 is 1.83 bits per heavy atom. The van der Waals surface area contributed by atoms with Gasteiger partial charge in [-0.15, -0.1) is 0 Å². The normalized spacial score (nSPS) is 12.7. The Balaban J connectivity index is 1.96. The number of aromatic nitrogens is 2. The largest absolute Gasteiger partial charge is 0.394 e. The van der Waals surface area contributed by atoms with Crippen molar-refractivity contribution in [3.05, 3.63) is 59.2 Å². The van der Waals surface area contributed by atoms with Crippen LogP contribution in [0, 0.1) is 13.8 Å². The van der Waals surface area contributed by atoms with Crippen molar-refractivity contribution < 1.29 is 10.2 Å². The minimum Gasteiger partial charge on any atom is -0.394 e. The lowest BCUT2D eigenvalue weighted by atomic mass is 10.1. The highest BCUT2D eigenvalue weighted by Crippen LogP contribution is 2.28. The van der Waals surface area contributed by atoms with Gasteiger partial charge in [-0.25, -0.2) is 4.98 Å². The second-order valence-electron chi connectivity index (χ2n) is 6.04. The molecule has 5 heteroatoms. The molecule has 3 aromatic rings. The van der Waals surface area contributed by atoms with Crippen molar-refractivity contribution in [2.45, 2.75) is 37.4 Å². The van der Waals surface area contributed by atoms with Crippen molar-refractivity contribution in [1.82, 2.24) is 9.55 Å². The van der Waals surface area contributed by atoms with Gasteiger partial charge in [0.1, 0.15) is 0 Å². The van der Waals surface area contributed by atoms with Crippen LogP contribution in [-0.4, -0.2) is 32.5 Å². The van der Waals surface area contributed by atoms with E-state index < -0.39 is 6.10 Å². The summed E-state index contributed by atoms with van der Waals surface area (Å²) >= 11 is 1.65. The fourth-order valence-electron chi connectivity index (χ4n) is 2.64. The lowest BCUT2D eigenvalue weighted by Gasteiger charge is -2.13. The van der Waals surface area contributed by atoms with Crippen LogP contribution in [0.15, 0.2) is 47.6 Å². The van der Waals surface area contributed by atoms with E-state index in [2.05, 4.69) is 38.1 Å². The number of aryl methyl sites for hydroxylation is 2. The maximum Gasteiger partial charge on any atom is 0.169 e. The maximum absolute atomic E-state index is 9.91. The molecular weight excluding hydrogens is 320 g/mol. The summed E-state index contributed by atoms with van der Waals surface area (Å²) in [5, 5.41) is 20.0. The molecule has 0 saturated carbocycles. The molecule has 0 aliphatic rings. The SMILES string of the molecule is Cc1cc2nc(SCc3ccccc3)n(C[C@@H](O)CO)c2cc1C. The lowest BCUT2D eigenvalue weighted by molar-refractivity contribution is 0.0802. The van der Waals surface area contributed by atoms with Gasteiger partial charge < -0.3 is 14.8 Å². The fourth-order valence-corrected chi connectivity index (χ4v) is 3.61. The highest BCUT2D eigenvalue weighted by atomic mass is 32.2. The number of aliphatic hydroxyl groups excluding tert-OH is 2. The molecule has 4 nitrogen and oxygen atoms in total. The smallest absolute Gasteiger partial charge is 0.169 e. The fraction of sp³-hybridized carbons (Fsp3) is 0.316. The van der Waals surface area contributed by atoms with Crippen molar-refractivity contribution in [1.29, 1.82) is 0 Å². The molecule has 1 atom stereocenters. The van der Waals surface area contributed by atoms with Gasteiger partial charge in [-0.1, -0.05) is 42.1 Å². The molecule has 0 amide bonds. The zero-order chi connectivity index (χ0) is 17.1. The van der Waals surface area contributed by atoms with Gasteiger partial charge in [-0.2, -0.15) is 0 Å². The van der Waals surface area contributed by atoms with E-state index in [-0.39, 0.29) is 6.61 Å². The van der Waals surface area contributed by atoms with Crippen LogP contribution < -0.4 is 0 Å².